The van der Waals surface area contributed by atoms with Gasteiger partial charge in [0.05, 0.1) is 13.1 Å². The van der Waals surface area contributed by atoms with Gasteiger partial charge in [-0.3, -0.25) is 4.68 Å². The SMILES string of the molecule is C=C1CN(c2cc(C)n(Cc3cc(C)ccc3C)n2)CCN1Cc1ccccc1. The third kappa shape index (κ3) is 4.37. The molecule has 0 amide bonds. The van der Waals surface area contributed by atoms with E-state index in [0.717, 1.165) is 44.2 Å². The molecule has 1 aliphatic heterocycles. The number of aryl methyl sites for hydroxylation is 3. The summed E-state index contributed by atoms with van der Waals surface area (Å²) in [5, 5.41) is 4.93. The molecule has 150 valence electrons. The third-order valence-electron chi connectivity index (χ3n) is 5.79. The largest absolute Gasteiger partial charge is 0.368 e. The van der Waals surface area contributed by atoms with Crippen molar-refractivity contribution in [1.29, 1.82) is 0 Å². The van der Waals surface area contributed by atoms with Crippen molar-refractivity contribution >= 4 is 5.82 Å². The summed E-state index contributed by atoms with van der Waals surface area (Å²) in [6.07, 6.45) is 0. The number of anilines is 1. The summed E-state index contributed by atoms with van der Waals surface area (Å²) in [5.41, 5.74) is 7.62. The Morgan fingerprint density at radius 3 is 2.48 bits per heavy atom. The van der Waals surface area contributed by atoms with Crippen LogP contribution in [0.4, 0.5) is 5.82 Å². The minimum atomic E-state index is 0.814. The predicted molar refractivity (Wildman–Crippen MR) is 120 cm³/mol. The van der Waals surface area contributed by atoms with Crippen LogP contribution in [0.1, 0.15) is 27.9 Å². The molecular formula is C25H30N4. The van der Waals surface area contributed by atoms with Gasteiger partial charge in [0.15, 0.2) is 5.82 Å². The topological polar surface area (TPSA) is 24.3 Å². The Labute approximate surface area is 174 Å². The Bertz CT molecular complexity index is 1000. The van der Waals surface area contributed by atoms with Crippen LogP contribution in [0.2, 0.25) is 0 Å². The molecule has 0 bridgehead atoms. The molecule has 0 N–H and O–H groups in total. The number of aromatic nitrogens is 2. The van der Waals surface area contributed by atoms with Gasteiger partial charge >= 0.3 is 0 Å². The Kier molecular flexibility index (Phi) is 5.43. The van der Waals surface area contributed by atoms with Gasteiger partial charge in [0, 0.05) is 37.1 Å². The molecule has 1 aromatic heterocycles. The van der Waals surface area contributed by atoms with E-state index in [1.54, 1.807) is 0 Å². The van der Waals surface area contributed by atoms with Crippen molar-refractivity contribution in [2.75, 3.05) is 24.5 Å². The summed E-state index contributed by atoms with van der Waals surface area (Å²) in [5.74, 6) is 1.05. The number of benzene rings is 2. The maximum atomic E-state index is 4.93. The van der Waals surface area contributed by atoms with E-state index >= 15 is 0 Å². The van der Waals surface area contributed by atoms with Gasteiger partial charge in [0.2, 0.25) is 0 Å². The number of hydrogen-bond acceptors (Lipinski definition) is 3. The van der Waals surface area contributed by atoms with Crippen molar-refractivity contribution in [1.82, 2.24) is 14.7 Å². The molecule has 3 aromatic rings. The summed E-state index contributed by atoms with van der Waals surface area (Å²) >= 11 is 0. The summed E-state index contributed by atoms with van der Waals surface area (Å²) in [4.78, 5) is 4.72. The minimum Gasteiger partial charge on any atom is -0.368 e. The van der Waals surface area contributed by atoms with Crippen molar-refractivity contribution in [2.45, 2.75) is 33.9 Å². The van der Waals surface area contributed by atoms with E-state index < -0.39 is 0 Å². The maximum Gasteiger partial charge on any atom is 0.151 e. The standard InChI is InChI=1S/C25H30N4/c1-19-10-11-20(2)24(14-19)18-29-21(3)15-25(26-29)28-13-12-27(22(4)16-28)17-23-8-6-5-7-9-23/h5-11,14-15H,4,12-13,16-18H2,1-3H3. The van der Waals surface area contributed by atoms with E-state index in [1.807, 2.05) is 0 Å². The zero-order chi connectivity index (χ0) is 20.4. The molecule has 0 atom stereocenters. The Morgan fingerprint density at radius 1 is 0.931 bits per heavy atom. The average molecular weight is 387 g/mol. The van der Waals surface area contributed by atoms with E-state index in [9.17, 15) is 0 Å². The lowest BCUT2D eigenvalue weighted by atomic mass is 10.1. The second-order valence-corrected chi connectivity index (χ2v) is 8.13. The van der Waals surface area contributed by atoms with Crippen molar-refractivity contribution < 1.29 is 0 Å². The molecule has 29 heavy (non-hydrogen) atoms. The normalized spacial score (nSPS) is 14.5. The summed E-state index contributed by atoms with van der Waals surface area (Å²) in [6, 6.07) is 19.4. The second-order valence-electron chi connectivity index (χ2n) is 8.13. The van der Waals surface area contributed by atoms with Crippen molar-refractivity contribution in [3.05, 3.63) is 94.8 Å². The van der Waals surface area contributed by atoms with Crippen molar-refractivity contribution in [3.63, 3.8) is 0 Å². The van der Waals surface area contributed by atoms with E-state index in [2.05, 4.69) is 96.4 Å². The molecule has 0 spiro atoms. The van der Waals surface area contributed by atoms with Gasteiger partial charge in [-0.05, 0) is 37.5 Å². The number of piperazine rings is 1. The highest BCUT2D eigenvalue weighted by Crippen LogP contribution is 2.23. The third-order valence-corrected chi connectivity index (χ3v) is 5.79. The lowest BCUT2D eigenvalue weighted by Crippen LogP contribution is -2.44. The van der Waals surface area contributed by atoms with E-state index in [1.165, 1.54) is 27.9 Å². The van der Waals surface area contributed by atoms with E-state index in [0.29, 0.717) is 0 Å². The summed E-state index contributed by atoms with van der Waals surface area (Å²) in [7, 11) is 0. The zero-order valence-electron chi connectivity index (χ0n) is 17.7. The zero-order valence-corrected chi connectivity index (χ0v) is 17.7. The lowest BCUT2D eigenvalue weighted by molar-refractivity contribution is 0.312. The van der Waals surface area contributed by atoms with E-state index in [-0.39, 0.29) is 0 Å². The smallest absolute Gasteiger partial charge is 0.151 e. The van der Waals surface area contributed by atoms with Crippen LogP contribution in [0.3, 0.4) is 0 Å². The van der Waals surface area contributed by atoms with Crippen LogP contribution in [0.5, 0.6) is 0 Å². The Morgan fingerprint density at radius 2 is 1.72 bits per heavy atom. The molecule has 4 rings (SSSR count). The molecule has 0 unspecified atom stereocenters. The highest BCUT2D eigenvalue weighted by atomic mass is 15.4. The number of hydrogen-bond donors (Lipinski definition) is 0. The fraction of sp³-hybridized carbons (Fsp3) is 0.320. The first-order valence-electron chi connectivity index (χ1n) is 10.3. The van der Waals surface area contributed by atoms with Crippen molar-refractivity contribution in [2.24, 2.45) is 0 Å². The van der Waals surface area contributed by atoms with Crippen LogP contribution in [0.15, 0.2) is 66.9 Å². The number of rotatable bonds is 5. The fourth-order valence-electron chi connectivity index (χ4n) is 3.93. The van der Waals surface area contributed by atoms with E-state index in [4.69, 9.17) is 5.10 Å². The summed E-state index contributed by atoms with van der Waals surface area (Å²) in [6.45, 7) is 15.3. The first-order valence-corrected chi connectivity index (χ1v) is 10.3. The Balaban J connectivity index is 1.44. The fourth-order valence-corrected chi connectivity index (χ4v) is 3.93. The molecule has 2 aromatic carbocycles. The molecule has 1 aliphatic rings. The van der Waals surface area contributed by atoms with Gasteiger partial charge in [0.25, 0.3) is 0 Å². The molecule has 0 radical (unpaired) electrons. The van der Waals surface area contributed by atoms with Crippen LogP contribution in [0, 0.1) is 20.8 Å². The molecule has 0 saturated carbocycles. The highest BCUT2D eigenvalue weighted by molar-refractivity contribution is 5.43. The van der Waals surface area contributed by atoms with Gasteiger partial charge in [-0.15, -0.1) is 0 Å². The van der Waals surface area contributed by atoms with Crippen LogP contribution in [-0.4, -0.2) is 34.3 Å². The molecule has 4 nitrogen and oxygen atoms in total. The Hall–Kier alpha value is -3.01. The first kappa shape index (κ1) is 19.3. The maximum absolute atomic E-state index is 4.93. The van der Waals surface area contributed by atoms with Gasteiger partial charge in [-0.1, -0.05) is 60.7 Å². The average Bonchev–Trinajstić information content (AvgIpc) is 3.07. The lowest BCUT2D eigenvalue weighted by Gasteiger charge is -2.38. The highest BCUT2D eigenvalue weighted by Gasteiger charge is 2.22. The molecule has 1 saturated heterocycles. The van der Waals surface area contributed by atoms with Crippen LogP contribution < -0.4 is 4.90 Å². The van der Waals surface area contributed by atoms with Crippen LogP contribution in [-0.2, 0) is 13.1 Å². The predicted octanol–water partition coefficient (Wildman–Crippen LogP) is 4.69. The van der Waals surface area contributed by atoms with Crippen LogP contribution >= 0.6 is 0 Å². The van der Waals surface area contributed by atoms with Gasteiger partial charge in [-0.25, -0.2) is 0 Å². The monoisotopic (exact) mass is 386 g/mol. The molecule has 2 heterocycles. The molecule has 4 heteroatoms. The van der Waals surface area contributed by atoms with Gasteiger partial charge in [-0.2, -0.15) is 5.10 Å². The molecular weight excluding hydrogens is 356 g/mol. The first-order chi connectivity index (χ1) is 14.0. The number of nitrogens with zero attached hydrogens (tertiary/aromatic N) is 4. The quantitative estimate of drug-likeness (QED) is 0.636. The van der Waals surface area contributed by atoms with Crippen LogP contribution in [0.25, 0.3) is 0 Å². The molecule has 0 aliphatic carbocycles. The molecule has 1 fully saturated rings. The summed E-state index contributed by atoms with van der Waals surface area (Å²) < 4.78 is 2.12. The second kappa shape index (κ2) is 8.16. The van der Waals surface area contributed by atoms with Gasteiger partial charge < -0.3 is 9.80 Å². The van der Waals surface area contributed by atoms with Gasteiger partial charge in [0.1, 0.15) is 0 Å². The van der Waals surface area contributed by atoms with Crippen molar-refractivity contribution in [3.8, 4) is 0 Å². The minimum absolute atomic E-state index is 0.814.